The van der Waals surface area contributed by atoms with Gasteiger partial charge in [0.25, 0.3) is 0 Å². The first kappa shape index (κ1) is 26.2. The highest BCUT2D eigenvalue weighted by Crippen LogP contribution is 2.47. The molecule has 1 aromatic carbocycles. The Balaban J connectivity index is 2.18. The van der Waals surface area contributed by atoms with Crippen molar-refractivity contribution in [1.82, 2.24) is 10.3 Å². The first-order valence-corrected chi connectivity index (χ1v) is 10.4. The number of carbonyl (C=O) groups excluding carboxylic acids is 1. The zero-order valence-electron chi connectivity index (χ0n) is 19.3. The standard InChI is InChI=1S/C23H24F4N2O6/c1-20(2,3)35-19(32)28-10-22(33,23(25,26)27)15-9-14-17(34-11-21(14,4)18(30)31)16(29-15)12-5-7-13(24)8-6-12/h5-9,33H,10-11H2,1-4H3,(H,28,32)(H,30,31). The molecule has 0 saturated heterocycles. The second kappa shape index (κ2) is 8.67. The minimum atomic E-state index is -5.34. The van der Waals surface area contributed by atoms with E-state index in [4.69, 9.17) is 9.47 Å². The van der Waals surface area contributed by atoms with Crippen molar-refractivity contribution < 1.29 is 46.8 Å². The van der Waals surface area contributed by atoms with Crippen molar-refractivity contribution in [2.24, 2.45) is 0 Å². The molecule has 1 aromatic heterocycles. The summed E-state index contributed by atoms with van der Waals surface area (Å²) in [5, 5.41) is 22.5. The van der Waals surface area contributed by atoms with E-state index in [-0.39, 0.29) is 22.6 Å². The number of hydrogen-bond donors (Lipinski definition) is 3. The van der Waals surface area contributed by atoms with Gasteiger partial charge in [0, 0.05) is 11.1 Å². The number of aliphatic carboxylic acids is 1. The number of carboxylic acid groups (broad SMARTS) is 1. The molecule has 0 fully saturated rings. The van der Waals surface area contributed by atoms with Crippen LogP contribution in [0.25, 0.3) is 11.3 Å². The number of nitrogens with zero attached hydrogens (tertiary/aromatic N) is 1. The van der Waals surface area contributed by atoms with Crippen LogP contribution in [-0.4, -0.2) is 52.2 Å². The average molecular weight is 500 g/mol. The molecule has 2 aromatic rings. The predicted molar refractivity (Wildman–Crippen MR) is 114 cm³/mol. The maximum absolute atomic E-state index is 14.2. The minimum Gasteiger partial charge on any atom is -0.489 e. The lowest BCUT2D eigenvalue weighted by Crippen LogP contribution is -2.52. The van der Waals surface area contributed by atoms with E-state index < -0.39 is 59.5 Å². The van der Waals surface area contributed by atoms with Gasteiger partial charge in [-0.05, 0) is 58.0 Å². The number of nitrogens with one attached hydrogen (secondary N) is 1. The molecule has 1 amide bonds. The molecule has 1 aliphatic rings. The Hall–Kier alpha value is -3.41. The summed E-state index contributed by atoms with van der Waals surface area (Å²) < 4.78 is 66.5. The molecule has 2 unspecified atom stereocenters. The maximum atomic E-state index is 14.2. The van der Waals surface area contributed by atoms with Crippen LogP contribution >= 0.6 is 0 Å². The summed E-state index contributed by atoms with van der Waals surface area (Å²) in [5.41, 5.74) is -7.72. The van der Waals surface area contributed by atoms with E-state index in [1.807, 2.05) is 5.32 Å². The van der Waals surface area contributed by atoms with Crippen molar-refractivity contribution in [1.29, 1.82) is 0 Å². The number of aliphatic hydroxyl groups is 1. The van der Waals surface area contributed by atoms with E-state index in [0.717, 1.165) is 18.2 Å². The Morgan fingerprint density at radius 2 is 1.80 bits per heavy atom. The number of amides is 1. The molecule has 3 N–H and O–H groups in total. The summed E-state index contributed by atoms with van der Waals surface area (Å²) in [5.74, 6) is -2.10. The number of pyridine rings is 1. The highest BCUT2D eigenvalue weighted by molar-refractivity contribution is 5.86. The lowest BCUT2D eigenvalue weighted by Gasteiger charge is -2.31. The van der Waals surface area contributed by atoms with Crippen molar-refractivity contribution in [3.8, 4) is 17.0 Å². The van der Waals surface area contributed by atoms with Gasteiger partial charge in [-0.1, -0.05) is 0 Å². The molecule has 12 heteroatoms. The van der Waals surface area contributed by atoms with Gasteiger partial charge in [-0.15, -0.1) is 0 Å². The Morgan fingerprint density at radius 1 is 1.20 bits per heavy atom. The molecule has 2 heterocycles. The molecule has 2 atom stereocenters. The van der Waals surface area contributed by atoms with E-state index in [9.17, 15) is 37.4 Å². The summed E-state index contributed by atoms with van der Waals surface area (Å²) in [4.78, 5) is 27.9. The monoisotopic (exact) mass is 500 g/mol. The zero-order valence-corrected chi connectivity index (χ0v) is 19.3. The maximum Gasteiger partial charge on any atom is 0.424 e. The molecule has 1 aliphatic heterocycles. The molecule has 190 valence electrons. The number of benzene rings is 1. The number of rotatable bonds is 5. The highest BCUT2D eigenvalue weighted by atomic mass is 19.4. The lowest BCUT2D eigenvalue weighted by molar-refractivity contribution is -0.265. The Kier molecular flexibility index (Phi) is 6.49. The number of halogens is 4. The molecule has 3 rings (SSSR count). The molecule has 8 nitrogen and oxygen atoms in total. The van der Waals surface area contributed by atoms with Crippen molar-refractivity contribution in [3.05, 3.63) is 47.4 Å². The summed E-state index contributed by atoms with van der Waals surface area (Å²) in [6, 6.07) is 5.34. The van der Waals surface area contributed by atoms with Crippen LogP contribution in [0.5, 0.6) is 5.75 Å². The van der Waals surface area contributed by atoms with Gasteiger partial charge in [0.15, 0.2) is 0 Å². The van der Waals surface area contributed by atoms with Crippen molar-refractivity contribution in [2.75, 3.05) is 13.2 Å². The fourth-order valence-electron chi connectivity index (χ4n) is 3.43. The molecular weight excluding hydrogens is 476 g/mol. The van der Waals surface area contributed by atoms with Crippen LogP contribution in [0.2, 0.25) is 0 Å². The molecule has 0 saturated carbocycles. The van der Waals surface area contributed by atoms with Crippen LogP contribution in [0, 0.1) is 5.82 Å². The molecule has 35 heavy (non-hydrogen) atoms. The summed E-state index contributed by atoms with van der Waals surface area (Å²) in [6.45, 7) is 4.00. The van der Waals surface area contributed by atoms with E-state index >= 15 is 0 Å². The first-order valence-electron chi connectivity index (χ1n) is 10.4. The zero-order chi connectivity index (χ0) is 26.4. The van der Waals surface area contributed by atoms with E-state index in [1.165, 1.54) is 39.8 Å². The number of fused-ring (bicyclic) bond motifs is 1. The van der Waals surface area contributed by atoms with Gasteiger partial charge in [-0.25, -0.2) is 14.2 Å². The number of ether oxygens (including phenoxy) is 2. The average Bonchev–Trinajstić information content (AvgIpc) is 3.08. The number of hydrogen-bond acceptors (Lipinski definition) is 6. The van der Waals surface area contributed by atoms with Gasteiger partial charge >= 0.3 is 18.2 Å². The quantitative estimate of drug-likeness (QED) is 0.533. The number of alkyl halides is 3. The SMILES string of the molecule is CC(C)(C)OC(=O)NCC(O)(c1cc2c(c(-c3ccc(F)cc3)n1)OCC2(C)C(=O)O)C(F)(F)F. The third kappa shape index (κ3) is 5.02. The van der Waals surface area contributed by atoms with E-state index in [1.54, 1.807) is 0 Å². The van der Waals surface area contributed by atoms with Gasteiger partial charge in [0.05, 0.1) is 12.2 Å². The summed E-state index contributed by atoms with van der Waals surface area (Å²) >= 11 is 0. The molecular formula is C23H24F4N2O6. The van der Waals surface area contributed by atoms with Crippen molar-refractivity contribution in [2.45, 2.75) is 50.5 Å². The van der Waals surface area contributed by atoms with Crippen LogP contribution in [-0.2, 0) is 20.5 Å². The smallest absolute Gasteiger partial charge is 0.424 e. The van der Waals surface area contributed by atoms with Crippen LogP contribution < -0.4 is 10.1 Å². The van der Waals surface area contributed by atoms with Crippen LogP contribution in [0.1, 0.15) is 39.0 Å². The van der Waals surface area contributed by atoms with Crippen molar-refractivity contribution >= 4 is 12.1 Å². The molecule has 0 spiro atoms. The first-order chi connectivity index (χ1) is 16.0. The lowest BCUT2D eigenvalue weighted by atomic mass is 9.82. The summed E-state index contributed by atoms with van der Waals surface area (Å²) in [6.07, 6.45) is -6.55. The number of alkyl carbamates (subject to hydrolysis) is 1. The van der Waals surface area contributed by atoms with Gasteiger partial charge in [-0.3, -0.25) is 4.79 Å². The molecule has 0 radical (unpaired) electrons. The molecule has 0 bridgehead atoms. The number of carboxylic acids is 1. The fourth-order valence-corrected chi connectivity index (χ4v) is 3.43. The Labute approximate surface area is 197 Å². The third-order valence-electron chi connectivity index (χ3n) is 5.44. The normalized spacial score (nSPS) is 19.3. The number of aromatic nitrogens is 1. The van der Waals surface area contributed by atoms with Gasteiger partial charge in [0.1, 0.15) is 34.9 Å². The highest BCUT2D eigenvalue weighted by Gasteiger charge is 2.58. The van der Waals surface area contributed by atoms with E-state index in [2.05, 4.69) is 4.98 Å². The second-order valence-electron chi connectivity index (χ2n) is 9.38. The minimum absolute atomic E-state index is 0.102. The molecule has 0 aliphatic carbocycles. The Morgan fingerprint density at radius 3 is 2.31 bits per heavy atom. The fraction of sp³-hybridized carbons (Fsp3) is 0.435. The van der Waals surface area contributed by atoms with Crippen molar-refractivity contribution in [3.63, 3.8) is 0 Å². The number of carbonyl (C=O) groups is 2. The van der Waals surface area contributed by atoms with Crippen LogP contribution in [0.4, 0.5) is 22.4 Å². The third-order valence-corrected chi connectivity index (χ3v) is 5.44. The van der Waals surface area contributed by atoms with Gasteiger partial charge < -0.3 is 25.0 Å². The predicted octanol–water partition coefficient (Wildman–Crippen LogP) is 3.90. The largest absolute Gasteiger partial charge is 0.489 e. The topological polar surface area (TPSA) is 118 Å². The van der Waals surface area contributed by atoms with Gasteiger partial charge in [0.2, 0.25) is 5.60 Å². The Bertz CT molecular complexity index is 1150. The van der Waals surface area contributed by atoms with Crippen LogP contribution in [0.15, 0.2) is 30.3 Å². The van der Waals surface area contributed by atoms with E-state index in [0.29, 0.717) is 0 Å². The van der Waals surface area contributed by atoms with Crippen LogP contribution in [0.3, 0.4) is 0 Å². The summed E-state index contributed by atoms with van der Waals surface area (Å²) in [7, 11) is 0. The second-order valence-corrected chi connectivity index (χ2v) is 9.38. The van der Waals surface area contributed by atoms with Gasteiger partial charge in [-0.2, -0.15) is 13.2 Å².